The van der Waals surface area contributed by atoms with Gasteiger partial charge < -0.3 is 9.80 Å². The first-order valence-corrected chi connectivity index (χ1v) is 4.28. The van der Waals surface area contributed by atoms with Crippen LogP contribution in [0.1, 0.15) is 0 Å². The van der Waals surface area contributed by atoms with Crippen molar-refractivity contribution in [1.82, 2.24) is 4.90 Å². The monoisotopic (exact) mass is 163 g/mol. The van der Waals surface area contributed by atoms with Gasteiger partial charge in [-0.1, -0.05) is 12.2 Å². The van der Waals surface area contributed by atoms with Crippen LogP contribution >= 0.6 is 24.0 Å². The summed E-state index contributed by atoms with van der Waals surface area (Å²) >= 11 is 6.81. The maximum atomic E-state index is 5.06. The molecule has 0 aromatic heterocycles. The van der Waals surface area contributed by atoms with Crippen LogP contribution in [0, 0.1) is 0 Å². The summed E-state index contributed by atoms with van der Waals surface area (Å²) in [5.41, 5.74) is 0. The molecule has 1 rings (SSSR count). The van der Waals surface area contributed by atoms with E-state index in [1.807, 2.05) is 7.05 Å². The van der Waals surface area contributed by atoms with Crippen LogP contribution in [0.15, 0.2) is 0 Å². The van der Waals surface area contributed by atoms with Gasteiger partial charge in [-0.15, -0.1) is 0 Å². The Morgan fingerprint density at radius 1 is 1.78 bits per heavy atom. The fourth-order valence-corrected chi connectivity index (χ4v) is 1.80. The molecule has 1 fully saturated rings. The van der Waals surface area contributed by atoms with Gasteiger partial charge in [0.25, 0.3) is 0 Å². The molecule has 1 heterocycles. The van der Waals surface area contributed by atoms with Crippen LogP contribution in [-0.4, -0.2) is 35.9 Å². The predicted octanol–water partition coefficient (Wildman–Crippen LogP) is -0.620. The molecule has 4 heteroatoms. The molecule has 0 saturated carbocycles. The van der Waals surface area contributed by atoms with Crippen molar-refractivity contribution < 1.29 is 4.90 Å². The molecule has 0 radical (unpaired) electrons. The Morgan fingerprint density at radius 3 is 2.89 bits per heavy atom. The van der Waals surface area contributed by atoms with Gasteiger partial charge in [0.05, 0.1) is 7.05 Å². The summed E-state index contributed by atoms with van der Waals surface area (Å²) < 4.78 is 1.03. The molecule has 1 atom stereocenters. The number of rotatable bonds is 0. The van der Waals surface area contributed by atoms with Crippen molar-refractivity contribution in [2.45, 2.75) is 0 Å². The second kappa shape index (κ2) is 2.86. The van der Waals surface area contributed by atoms with Crippen LogP contribution < -0.4 is 4.90 Å². The number of nitrogens with one attached hydrogen (secondary N) is 1. The zero-order chi connectivity index (χ0) is 6.85. The van der Waals surface area contributed by atoms with E-state index in [9.17, 15) is 0 Å². The van der Waals surface area contributed by atoms with Crippen molar-refractivity contribution in [2.75, 3.05) is 26.6 Å². The maximum Gasteiger partial charge on any atom is 0.154 e. The van der Waals surface area contributed by atoms with Crippen molar-refractivity contribution in [2.24, 2.45) is 0 Å². The van der Waals surface area contributed by atoms with Crippen LogP contribution in [0.5, 0.6) is 0 Å². The molecule has 0 spiro atoms. The number of thioether (sulfide) groups is 1. The fraction of sp³-hybridized carbons (Fsp3) is 0.800. The molecule has 52 valence electrons. The van der Waals surface area contributed by atoms with Gasteiger partial charge >= 0.3 is 0 Å². The van der Waals surface area contributed by atoms with Gasteiger partial charge in [0.2, 0.25) is 0 Å². The Kier molecular flexibility index (Phi) is 2.32. The van der Waals surface area contributed by atoms with E-state index in [2.05, 4.69) is 11.9 Å². The smallest absolute Gasteiger partial charge is 0.154 e. The molecular formula is C5H11N2S2+. The van der Waals surface area contributed by atoms with Crippen molar-refractivity contribution in [3.63, 3.8) is 0 Å². The summed E-state index contributed by atoms with van der Waals surface area (Å²) in [6.45, 7) is 1.05. The summed E-state index contributed by atoms with van der Waals surface area (Å²) in [6, 6.07) is 0. The number of nitrogens with zero attached hydrogens (tertiary/aromatic N) is 1. The zero-order valence-electron chi connectivity index (χ0n) is 5.68. The summed E-state index contributed by atoms with van der Waals surface area (Å²) in [5, 5.41) is 0. The number of thiocarbonyl (C=S) groups is 1. The van der Waals surface area contributed by atoms with E-state index in [1.54, 1.807) is 11.8 Å². The lowest BCUT2D eigenvalue weighted by atomic mass is 10.8. The van der Waals surface area contributed by atoms with Crippen molar-refractivity contribution >= 4 is 28.3 Å². The number of hydrogen-bond acceptors (Lipinski definition) is 2. The van der Waals surface area contributed by atoms with E-state index in [0.29, 0.717) is 0 Å². The summed E-state index contributed by atoms with van der Waals surface area (Å²) in [6.07, 6.45) is 0. The third-order valence-electron chi connectivity index (χ3n) is 1.26. The Labute approximate surface area is 65.2 Å². The van der Waals surface area contributed by atoms with E-state index < -0.39 is 0 Å². The second-order valence-corrected chi connectivity index (χ2v) is 3.98. The first-order valence-electron chi connectivity index (χ1n) is 2.89. The van der Waals surface area contributed by atoms with Gasteiger partial charge in [-0.25, -0.2) is 0 Å². The minimum atomic E-state index is 1.03. The Bertz CT molecular complexity index is 126. The minimum Gasteiger partial charge on any atom is -0.314 e. The van der Waals surface area contributed by atoms with Crippen LogP contribution in [0.3, 0.4) is 0 Å². The van der Waals surface area contributed by atoms with Crippen molar-refractivity contribution in [3.8, 4) is 0 Å². The molecular weight excluding hydrogens is 152 g/mol. The molecule has 1 aliphatic rings. The third kappa shape index (κ3) is 1.81. The van der Waals surface area contributed by atoms with Gasteiger partial charge in [-0.05, 0) is 11.8 Å². The van der Waals surface area contributed by atoms with E-state index in [0.717, 1.165) is 16.9 Å². The predicted molar refractivity (Wildman–Crippen MR) is 44.6 cm³/mol. The molecule has 1 saturated heterocycles. The average molecular weight is 163 g/mol. The van der Waals surface area contributed by atoms with Gasteiger partial charge in [0, 0.05) is 7.05 Å². The summed E-state index contributed by atoms with van der Waals surface area (Å²) in [7, 11) is 4.21. The minimum absolute atomic E-state index is 1.03. The van der Waals surface area contributed by atoms with Gasteiger partial charge in [-0.2, -0.15) is 0 Å². The number of quaternary nitrogens is 1. The van der Waals surface area contributed by atoms with Crippen LogP contribution in [0.25, 0.3) is 0 Å². The molecule has 0 aromatic rings. The van der Waals surface area contributed by atoms with Crippen LogP contribution in [-0.2, 0) is 0 Å². The molecule has 0 aliphatic carbocycles. The number of hydrogen-bond donors (Lipinski definition) is 1. The largest absolute Gasteiger partial charge is 0.314 e. The Hall–Kier alpha value is 0.200. The first-order chi connectivity index (χ1) is 4.20. The molecule has 9 heavy (non-hydrogen) atoms. The normalized spacial score (nSPS) is 28.9. The van der Waals surface area contributed by atoms with Crippen molar-refractivity contribution in [1.29, 1.82) is 0 Å². The zero-order valence-corrected chi connectivity index (χ0v) is 7.31. The third-order valence-corrected chi connectivity index (χ3v) is 3.12. The van der Waals surface area contributed by atoms with Crippen molar-refractivity contribution in [3.05, 3.63) is 0 Å². The SMILES string of the molecule is CN1C[NH+](C)CSC1=S. The standard InChI is InChI=1S/C5H10N2S2/c1-6-3-7(2)5(8)9-4-6/h3-4H2,1-2H3/p+1. The highest BCUT2D eigenvalue weighted by Gasteiger charge is 2.17. The highest BCUT2D eigenvalue weighted by Crippen LogP contribution is 2.05. The van der Waals surface area contributed by atoms with Gasteiger partial charge in [-0.3, -0.25) is 0 Å². The molecule has 0 aromatic carbocycles. The quantitative estimate of drug-likeness (QED) is 0.476. The van der Waals surface area contributed by atoms with E-state index in [4.69, 9.17) is 12.2 Å². The Balaban J connectivity index is 2.44. The highest BCUT2D eigenvalue weighted by molar-refractivity contribution is 8.22. The van der Waals surface area contributed by atoms with Gasteiger partial charge in [0.1, 0.15) is 10.2 Å². The van der Waals surface area contributed by atoms with E-state index in [-0.39, 0.29) is 0 Å². The topological polar surface area (TPSA) is 7.68 Å². The maximum absolute atomic E-state index is 5.06. The molecule has 1 aliphatic heterocycles. The Morgan fingerprint density at radius 2 is 2.44 bits per heavy atom. The molecule has 2 nitrogen and oxygen atoms in total. The van der Waals surface area contributed by atoms with Gasteiger partial charge in [0.15, 0.2) is 6.67 Å². The lowest BCUT2D eigenvalue weighted by molar-refractivity contribution is -0.875. The molecule has 1 N–H and O–H groups in total. The van der Waals surface area contributed by atoms with Crippen LogP contribution in [0.2, 0.25) is 0 Å². The summed E-state index contributed by atoms with van der Waals surface area (Å²) in [4.78, 5) is 3.62. The first kappa shape index (κ1) is 7.31. The van der Waals surface area contributed by atoms with E-state index >= 15 is 0 Å². The summed E-state index contributed by atoms with van der Waals surface area (Å²) in [5.74, 6) is 1.11. The van der Waals surface area contributed by atoms with E-state index in [1.165, 1.54) is 4.90 Å². The fourth-order valence-electron chi connectivity index (χ4n) is 0.810. The molecule has 0 amide bonds. The molecule has 0 bridgehead atoms. The average Bonchev–Trinajstić information content (AvgIpc) is 1.80. The lowest BCUT2D eigenvalue weighted by Gasteiger charge is -2.28. The van der Waals surface area contributed by atoms with Crippen LogP contribution in [0.4, 0.5) is 0 Å². The second-order valence-electron chi connectivity index (χ2n) is 2.37. The highest BCUT2D eigenvalue weighted by atomic mass is 32.2. The lowest BCUT2D eigenvalue weighted by Crippen LogP contribution is -3.11. The molecule has 1 unspecified atom stereocenters.